The summed E-state index contributed by atoms with van der Waals surface area (Å²) in [7, 11) is 0. The van der Waals surface area contributed by atoms with Gasteiger partial charge in [-0.3, -0.25) is 4.79 Å². The van der Waals surface area contributed by atoms with Gasteiger partial charge in [0.05, 0.1) is 6.04 Å². The maximum atomic E-state index is 13.5. The Balaban J connectivity index is 2.43. The molecule has 1 aromatic carbocycles. The number of likely N-dealkylation sites (N-methyl/N-ethyl adjacent to an activating group) is 1. The monoisotopic (exact) mass is 284 g/mol. The van der Waals surface area contributed by atoms with E-state index in [4.69, 9.17) is 17.3 Å². The van der Waals surface area contributed by atoms with Gasteiger partial charge in [0.2, 0.25) is 5.91 Å². The van der Waals surface area contributed by atoms with Crippen molar-refractivity contribution in [2.75, 3.05) is 6.54 Å². The standard InChI is InChI=1S/C14H18ClFN2O/c1-2-18-13(19)5-3-4-12(17)14(18)9-6-10(15)8-11(16)7-9/h6-8,12,14H,2-5,17H2,1H3. The van der Waals surface area contributed by atoms with E-state index in [1.807, 2.05) is 6.92 Å². The van der Waals surface area contributed by atoms with Crippen molar-refractivity contribution < 1.29 is 9.18 Å². The largest absolute Gasteiger partial charge is 0.334 e. The number of hydrogen-bond donors (Lipinski definition) is 1. The summed E-state index contributed by atoms with van der Waals surface area (Å²) in [6.45, 7) is 2.47. The van der Waals surface area contributed by atoms with Gasteiger partial charge in [0.1, 0.15) is 5.82 Å². The molecule has 0 saturated carbocycles. The van der Waals surface area contributed by atoms with Crippen molar-refractivity contribution in [3.8, 4) is 0 Å². The summed E-state index contributed by atoms with van der Waals surface area (Å²) in [6, 6.07) is 3.87. The maximum Gasteiger partial charge on any atom is 0.223 e. The molecular weight excluding hydrogens is 267 g/mol. The fourth-order valence-corrected chi connectivity index (χ4v) is 2.95. The first-order chi connectivity index (χ1) is 9.02. The average Bonchev–Trinajstić information content (AvgIpc) is 2.46. The van der Waals surface area contributed by atoms with Gasteiger partial charge >= 0.3 is 0 Å². The molecular formula is C14H18ClFN2O. The topological polar surface area (TPSA) is 46.3 Å². The van der Waals surface area contributed by atoms with E-state index in [-0.39, 0.29) is 18.0 Å². The van der Waals surface area contributed by atoms with Crippen LogP contribution in [0, 0.1) is 5.82 Å². The fourth-order valence-electron chi connectivity index (χ4n) is 2.72. The van der Waals surface area contributed by atoms with Crippen molar-refractivity contribution in [1.82, 2.24) is 4.90 Å². The van der Waals surface area contributed by atoms with E-state index in [1.54, 1.807) is 11.0 Å². The number of benzene rings is 1. The number of carbonyl (C=O) groups is 1. The van der Waals surface area contributed by atoms with E-state index >= 15 is 0 Å². The normalized spacial score (nSPS) is 24.4. The van der Waals surface area contributed by atoms with Gasteiger partial charge in [0.25, 0.3) is 0 Å². The van der Waals surface area contributed by atoms with Crippen LogP contribution in [0.3, 0.4) is 0 Å². The summed E-state index contributed by atoms with van der Waals surface area (Å²) in [5.41, 5.74) is 6.86. The number of nitrogens with zero attached hydrogens (tertiary/aromatic N) is 1. The SMILES string of the molecule is CCN1C(=O)CCCC(N)C1c1cc(F)cc(Cl)c1. The van der Waals surface area contributed by atoms with E-state index < -0.39 is 5.82 Å². The van der Waals surface area contributed by atoms with Crippen LogP contribution >= 0.6 is 11.6 Å². The van der Waals surface area contributed by atoms with Crippen LogP contribution in [0.1, 0.15) is 37.8 Å². The third-order valence-corrected chi connectivity index (χ3v) is 3.78. The van der Waals surface area contributed by atoms with Crippen LogP contribution < -0.4 is 5.73 Å². The van der Waals surface area contributed by atoms with Crippen molar-refractivity contribution in [3.05, 3.63) is 34.6 Å². The maximum absolute atomic E-state index is 13.5. The molecule has 0 bridgehead atoms. The molecule has 19 heavy (non-hydrogen) atoms. The lowest BCUT2D eigenvalue weighted by Crippen LogP contribution is -2.42. The molecule has 2 atom stereocenters. The summed E-state index contributed by atoms with van der Waals surface area (Å²) in [5.74, 6) is -0.330. The van der Waals surface area contributed by atoms with Crippen molar-refractivity contribution in [1.29, 1.82) is 0 Å². The van der Waals surface area contributed by atoms with Crippen LogP contribution in [0.25, 0.3) is 0 Å². The molecule has 3 nitrogen and oxygen atoms in total. The highest BCUT2D eigenvalue weighted by Gasteiger charge is 2.32. The second kappa shape index (κ2) is 5.88. The molecule has 1 aliphatic heterocycles. The van der Waals surface area contributed by atoms with Gasteiger partial charge in [-0.1, -0.05) is 11.6 Å². The smallest absolute Gasteiger partial charge is 0.223 e. The van der Waals surface area contributed by atoms with Crippen LogP contribution in [0.15, 0.2) is 18.2 Å². The summed E-state index contributed by atoms with van der Waals surface area (Å²) in [4.78, 5) is 13.8. The van der Waals surface area contributed by atoms with Gasteiger partial charge in [-0.15, -0.1) is 0 Å². The molecule has 1 saturated heterocycles. The average molecular weight is 285 g/mol. The minimum Gasteiger partial charge on any atom is -0.334 e. The highest BCUT2D eigenvalue weighted by atomic mass is 35.5. The van der Waals surface area contributed by atoms with E-state index in [0.717, 1.165) is 12.8 Å². The molecule has 0 aromatic heterocycles. The minimum absolute atomic E-state index is 0.0702. The van der Waals surface area contributed by atoms with E-state index in [0.29, 0.717) is 23.6 Å². The second-order valence-electron chi connectivity index (χ2n) is 4.88. The number of likely N-dealkylation sites (tertiary alicyclic amines) is 1. The number of halogens is 2. The second-order valence-corrected chi connectivity index (χ2v) is 5.32. The zero-order chi connectivity index (χ0) is 14.0. The first kappa shape index (κ1) is 14.3. The Kier molecular flexibility index (Phi) is 4.42. The van der Waals surface area contributed by atoms with Crippen LogP contribution in [0.4, 0.5) is 4.39 Å². The van der Waals surface area contributed by atoms with Gasteiger partial charge < -0.3 is 10.6 Å². The van der Waals surface area contributed by atoms with Crippen LogP contribution in [0.2, 0.25) is 5.02 Å². The molecule has 5 heteroatoms. The molecule has 104 valence electrons. The molecule has 1 amide bonds. The Morgan fingerprint density at radius 3 is 2.84 bits per heavy atom. The van der Waals surface area contributed by atoms with Gasteiger partial charge in [-0.05, 0) is 43.5 Å². The van der Waals surface area contributed by atoms with Gasteiger partial charge in [-0.25, -0.2) is 4.39 Å². The van der Waals surface area contributed by atoms with Crippen molar-refractivity contribution in [3.63, 3.8) is 0 Å². The third kappa shape index (κ3) is 3.07. The molecule has 2 unspecified atom stereocenters. The number of carbonyl (C=O) groups excluding carboxylic acids is 1. The quantitative estimate of drug-likeness (QED) is 0.908. The summed E-state index contributed by atoms with van der Waals surface area (Å²) in [6.07, 6.45) is 2.03. The summed E-state index contributed by atoms with van der Waals surface area (Å²) < 4.78 is 13.5. The Labute approximate surface area is 117 Å². The number of rotatable bonds is 2. The molecule has 1 heterocycles. The Morgan fingerprint density at radius 2 is 2.21 bits per heavy atom. The van der Waals surface area contributed by atoms with Gasteiger partial charge in [-0.2, -0.15) is 0 Å². The highest BCUT2D eigenvalue weighted by molar-refractivity contribution is 6.30. The number of amides is 1. The lowest BCUT2D eigenvalue weighted by molar-refractivity contribution is -0.133. The Bertz CT molecular complexity index is 460. The lowest BCUT2D eigenvalue weighted by Gasteiger charge is -2.33. The number of hydrogen-bond acceptors (Lipinski definition) is 2. The first-order valence-corrected chi connectivity index (χ1v) is 6.91. The zero-order valence-electron chi connectivity index (χ0n) is 10.9. The molecule has 1 fully saturated rings. The lowest BCUT2D eigenvalue weighted by atomic mass is 9.96. The summed E-state index contributed by atoms with van der Waals surface area (Å²) >= 11 is 5.90. The van der Waals surface area contributed by atoms with E-state index in [1.165, 1.54) is 12.1 Å². The third-order valence-electron chi connectivity index (χ3n) is 3.56. The van der Waals surface area contributed by atoms with Gasteiger partial charge in [0.15, 0.2) is 0 Å². The molecule has 0 aliphatic carbocycles. The zero-order valence-corrected chi connectivity index (χ0v) is 11.7. The molecule has 0 spiro atoms. The van der Waals surface area contributed by atoms with Crippen molar-refractivity contribution in [2.24, 2.45) is 5.73 Å². The van der Waals surface area contributed by atoms with Crippen LogP contribution in [0.5, 0.6) is 0 Å². The summed E-state index contributed by atoms with van der Waals surface area (Å²) in [5, 5.41) is 0.329. The van der Waals surface area contributed by atoms with E-state index in [2.05, 4.69) is 0 Å². The predicted octanol–water partition coefficient (Wildman–Crippen LogP) is 2.88. The molecule has 0 radical (unpaired) electrons. The first-order valence-electron chi connectivity index (χ1n) is 6.54. The molecule has 1 aliphatic rings. The molecule has 1 aromatic rings. The van der Waals surface area contributed by atoms with E-state index in [9.17, 15) is 9.18 Å². The Hall–Kier alpha value is -1.13. The van der Waals surface area contributed by atoms with Gasteiger partial charge in [0, 0.05) is 24.0 Å². The highest BCUT2D eigenvalue weighted by Crippen LogP contribution is 2.31. The Morgan fingerprint density at radius 1 is 1.47 bits per heavy atom. The van der Waals surface area contributed by atoms with Crippen molar-refractivity contribution in [2.45, 2.75) is 38.3 Å². The van der Waals surface area contributed by atoms with Crippen molar-refractivity contribution >= 4 is 17.5 Å². The number of nitrogens with two attached hydrogens (primary N) is 1. The van der Waals surface area contributed by atoms with Crippen LogP contribution in [-0.2, 0) is 4.79 Å². The molecule has 2 rings (SSSR count). The van der Waals surface area contributed by atoms with Crippen LogP contribution in [-0.4, -0.2) is 23.4 Å². The predicted molar refractivity (Wildman–Crippen MR) is 73.4 cm³/mol. The minimum atomic E-state index is -0.401. The molecule has 2 N–H and O–H groups in total. The fraction of sp³-hybridized carbons (Fsp3) is 0.500.